The molecule has 0 radical (unpaired) electrons. The molecule has 0 aromatic heterocycles. The fourth-order valence-electron chi connectivity index (χ4n) is 3.84. The van der Waals surface area contributed by atoms with Crippen LogP contribution < -0.4 is 0 Å². The largest absolute Gasteiger partial charge is 0.411 e. The van der Waals surface area contributed by atoms with Crippen LogP contribution in [0, 0.1) is 11.8 Å². The Morgan fingerprint density at radius 2 is 1.88 bits per heavy atom. The van der Waals surface area contributed by atoms with Gasteiger partial charge in [0, 0.05) is 19.0 Å². The third kappa shape index (κ3) is 1.55. The normalized spacial score (nSPS) is 43.3. The molecule has 1 aliphatic heterocycles. The Bertz CT molecular complexity index is 297. The van der Waals surface area contributed by atoms with Gasteiger partial charge in [-0.25, -0.2) is 0 Å². The monoisotopic (exact) mass is 224 g/mol. The van der Waals surface area contributed by atoms with Gasteiger partial charge in [0.05, 0.1) is 17.9 Å². The van der Waals surface area contributed by atoms with Gasteiger partial charge in [0.1, 0.15) is 0 Å². The molecule has 2 saturated carbocycles. The first-order valence-electron chi connectivity index (χ1n) is 6.43. The van der Waals surface area contributed by atoms with Crippen LogP contribution in [0.2, 0.25) is 0 Å². The molecule has 2 aliphatic carbocycles. The Morgan fingerprint density at radius 1 is 1.12 bits per heavy atom. The Labute approximate surface area is 95.9 Å². The van der Waals surface area contributed by atoms with Crippen molar-refractivity contribution in [2.45, 2.75) is 44.2 Å². The second-order valence-corrected chi connectivity index (χ2v) is 5.51. The summed E-state index contributed by atoms with van der Waals surface area (Å²) in [5.74, 6) is 1.23. The first-order chi connectivity index (χ1) is 7.79. The van der Waals surface area contributed by atoms with Crippen molar-refractivity contribution in [1.82, 2.24) is 4.90 Å². The molecule has 1 heterocycles. The Balaban J connectivity index is 1.74. The zero-order valence-electron chi connectivity index (χ0n) is 9.55. The van der Waals surface area contributed by atoms with Gasteiger partial charge in [0.25, 0.3) is 0 Å². The summed E-state index contributed by atoms with van der Waals surface area (Å²) in [4.78, 5) is 2.42. The summed E-state index contributed by atoms with van der Waals surface area (Å²) in [7, 11) is 0. The minimum absolute atomic E-state index is 0.121. The molecule has 0 unspecified atom stereocenters. The van der Waals surface area contributed by atoms with Gasteiger partial charge in [-0.15, -0.1) is 0 Å². The van der Waals surface area contributed by atoms with E-state index in [0.717, 1.165) is 31.6 Å². The van der Waals surface area contributed by atoms with E-state index in [1.165, 1.54) is 19.3 Å². The summed E-state index contributed by atoms with van der Waals surface area (Å²) in [5, 5.41) is 22.2. The molecule has 4 heteroatoms. The van der Waals surface area contributed by atoms with E-state index in [9.17, 15) is 5.11 Å². The van der Waals surface area contributed by atoms with E-state index in [1.54, 1.807) is 0 Å². The number of hydrogen-bond donors (Lipinski definition) is 2. The van der Waals surface area contributed by atoms with Crippen molar-refractivity contribution in [1.29, 1.82) is 0 Å². The van der Waals surface area contributed by atoms with Gasteiger partial charge in [-0.2, -0.15) is 0 Å². The van der Waals surface area contributed by atoms with Gasteiger partial charge in [-0.05, 0) is 38.0 Å². The minimum Gasteiger partial charge on any atom is -0.411 e. The van der Waals surface area contributed by atoms with Crippen LogP contribution in [0.15, 0.2) is 5.16 Å². The van der Waals surface area contributed by atoms with E-state index in [0.29, 0.717) is 17.9 Å². The molecule has 3 rings (SSSR count). The van der Waals surface area contributed by atoms with Crippen LogP contribution in [0.4, 0.5) is 0 Å². The maximum Gasteiger partial charge on any atom is 0.0775 e. The molecule has 2 bridgehead atoms. The Morgan fingerprint density at radius 3 is 2.56 bits per heavy atom. The molecule has 0 spiro atoms. The molecule has 4 nitrogen and oxygen atoms in total. The third-order valence-electron chi connectivity index (χ3n) is 4.65. The number of hydrogen-bond acceptors (Lipinski definition) is 4. The highest BCUT2D eigenvalue weighted by molar-refractivity contribution is 5.94. The van der Waals surface area contributed by atoms with E-state index >= 15 is 0 Å². The zero-order chi connectivity index (χ0) is 11.1. The van der Waals surface area contributed by atoms with Gasteiger partial charge < -0.3 is 10.3 Å². The van der Waals surface area contributed by atoms with E-state index in [2.05, 4.69) is 10.1 Å². The summed E-state index contributed by atoms with van der Waals surface area (Å²) < 4.78 is 0. The molecule has 0 amide bonds. The molecule has 1 saturated heterocycles. The van der Waals surface area contributed by atoms with Crippen LogP contribution in [-0.2, 0) is 0 Å². The highest BCUT2D eigenvalue weighted by Crippen LogP contribution is 2.45. The molecular formula is C12H20N2O2. The standard InChI is InChI=1S/C12H20N2O2/c15-10-3-5-14(6-4-10)12-9-2-1-8(7-9)11(12)13-16/h8-10,12,15-16H,1-7H2/b13-11-/t8-,9-,12-/m0/s1. The van der Waals surface area contributed by atoms with Crippen LogP contribution >= 0.6 is 0 Å². The van der Waals surface area contributed by atoms with Crippen molar-refractivity contribution in [3.8, 4) is 0 Å². The Hall–Kier alpha value is -0.610. The third-order valence-corrected chi connectivity index (χ3v) is 4.65. The summed E-state index contributed by atoms with van der Waals surface area (Å²) in [5.41, 5.74) is 1.02. The average Bonchev–Trinajstić information content (AvgIpc) is 2.89. The van der Waals surface area contributed by atoms with Gasteiger partial charge in [-0.3, -0.25) is 4.90 Å². The first kappa shape index (κ1) is 10.5. The van der Waals surface area contributed by atoms with Crippen molar-refractivity contribution in [2.24, 2.45) is 17.0 Å². The van der Waals surface area contributed by atoms with E-state index in [4.69, 9.17) is 5.21 Å². The number of piperidine rings is 1. The van der Waals surface area contributed by atoms with Gasteiger partial charge >= 0.3 is 0 Å². The SMILES string of the molecule is O/N=C1/[C@H]2CC[C@@H](C2)[C@@H]1N1CCC(O)CC1. The van der Waals surface area contributed by atoms with Crippen molar-refractivity contribution in [3.63, 3.8) is 0 Å². The molecule has 0 aromatic rings. The van der Waals surface area contributed by atoms with Gasteiger partial charge in [0.15, 0.2) is 0 Å². The van der Waals surface area contributed by atoms with Crippen LogP contribution in [0.3, 0.4) is 0 Å². The van der Waals surface area contributed by atoms with Crippen LogP contribution in [-0.4, -0.2) is 46.2 Å². The summed E-state index contributed by atoms with van der Waals surface area (Å²) in [6, 6.07) is 0.372. The van der Waals surface area contributed by atoms with Gasteiger partial charge in [-0.1, -0.05) is 5.16 Å². The van der Waals surface area contributed by atoms with Crippen molar-refractivity contribution in [2.75, 3.05) is 13.1 Å². The van der Waals surface area contributed by atoms with E-state index in [-0.39, 0.29) is 6.10 Å². The number of oxime groups is 1. The number of fused-ring (bicyclic) bond motifs is 2. The van der Waals surface area contributed by atoms with Crippen molar-refractivity contribution < 1.29 is 10.3 Å². The molecule has 0 aromatic carbocycles. The van der Waals surface area contributed by atoms with E-state index in [1.807, 2.05) is 0 Å². The first-order valence-corrected chi connectivity index (χ1v) is 6.43. The maximum atomic E-state index is 9.52. The highest BCUT2D eigenvalue weighted by Gasteiger charge is 2.48. The lowest BCUT2D eigenvalue weighted by atomic mass is 9.90. The lowest BCUT2D eigenvalue weighted by Gasteiger charge is -2.38. The Kier molecular flexibility index (Phi) is 2.64. The topological polar surface area (TPSA) is 56.1 Å². The molecule has 90 valence electrons. The number of rotatable bonds is 1. The molecule has 3 aliphatic rings. The van der Waals surface area contributed by atoms with Crippen LogP contribution in [0.5, 0.6) is 0 Å². The molecule has 3 fully saturated rings. The zero-order valence-corrected chi connectivity index (χ0v) is 9.55. The fraction of sp³-hybridized carbons (Fsp3) is 0.917. The highest BCUT2D eigenvalue weighted by atomic mass is 16.4. The van der Waals surface area contributed by atoms with Crippen molar-refractivity contribution >= 4 is 5.71 Å². The number of likely N-dealkylation sites (tertiary alicyclic amines) is 1. The lowest BCUT2D eigenvalue weighted by Crippen LogP contribution is -2.49. The number of nitrogens with zero attached hydrogens (tertiary/aromatic N) is 2. The lowest BCUT2D eigenvalue weighted by molar-refractivity contribution is 0.0633. The summed E-state index contributed by atoms with van der Waals surface area (Å²) in [6.07, 6.45) is 5.32. The predicted molar refractivity (Wildman–Crippen MR) is 60.7 cm³/mol. The minimum atomic E-state index is -0.121. The summed E-state index contributed by atoms with van der Waals surface area (Å²) in [6.45, 7) is 1.90. The second-order valence-electron chi connectivity index (χ2n) is 5.51. The average molecular weight is 224 g/mol. The maximum absolute atomic E-state index is 9.52. The quantitative estimate of drug-likeness (QED) is 0.517. The molecular weight excluding hydrogens is 204 g/mol. The van der Waals surface area contributed by atoms with Gasteiger partial charge in [0.2, 0.25) is 0 Å². The van der Waals surface area contributed by atoms with E-state index < -0.39 is 0 Å². The van der Waals surface area contributed by atoms with Crippen LogP contribution in [0.1, 0.15) is 32.1 Å². The fourth-order valence-corrected chi connectivity index (χ4v) is 3.84. The smallest absolute Gasteiger partial charge is 0.0775 e. The second kappa shape index (κ2) is 4.00. The van der Waals surface area contributed by atoms with Crippen molar-refractivity contribution in [3.05, 3.63) is 0 Å². The van der Waals surface area contributed by atoms with Crippen LogP contribution in [0.25, 0.3) is 0 Å². The molecule has 16 heavy (non-hydrogen) atoms. The number of aliphatic hydroxyl groups is 1. The predicted octanol–water partition coefficient (Wildman–Crippen LogP) is 1.07. The molecule has 2 N–H and O–H groups in total. The molecule has 3 atom stereocenters. The summed E-state index contributed by atoms with van der Waals surface area (Å²) >= 11 is 0. The number of aliphatic hydroxyl groups excluding tert-OH is 1.